The van der Waals surface area contributed by atoms with E-state index in [4.69, 9.17) is 4.74 Å². The molecule has 2 aromatic carbocycles. The summed E-state index contributed by atoms with van der Waals surface area (Å²) in [6, 6.07) is 12.9. The Bertz CT molecular complexity index is 1000. The molecule has 31 heavy (non-hydrogen) atoms. The zero-order chi connectivity index (χ0) is 22.4. The van der Waals surface area contributed by atoms with Crippen LogP contribution in [0.5, 0.6) is 5.75 Å². The van der Waals surface area contributed by atoms with Gasteiger partial charge in [0.15, 0.2) is 0 Å². The van der Waals surface area contributed by atoms with Crippen LogP contribution < -0.4 is 9.46 Å². The Kier molecular flexibility index (Phi) is 7.73. The van der Waals surface area contributed by atoms with E-state index in [0.29, 0.717) is 6.54 Å². The number of likely N-dealkylation sites (tertiary alicyclic amines) is 1. The van der Waals surface area contributed by atoms with Gasteiger partial charge in [-0.15, -0.1) is 0 Å². The molecule has 1 fully saturated rings. The van der Waals surface area contributed by atoms with E-state index in [1.165, 1.54) is 0 Å². The number of sulfonamides is 1. The number of hydrogen-bond acceptors (Lipinski definition) is 4. The van der Waals surface area contributed by atoms with Crippen LogP contribution in [0, 0.1) is 13.8 Å². The predicted octanol–water partition coefficient (Wildman–Crippen LogP) is 4.12. The van der Waals surface area contributed by atoms with Crippen LogP contribution in [0.25, 0.3) is 0 Å². The quantitative estimate of drug-likeness (QED) is 0.697. The largest absolute Gasteiger partial charge is 0.497 e. The van der Waals surface area contributed by atoms with Crippen molar-refractivity contribution in [1.82, 2.24) is 9.62 Å². The number of nitrogens with zero attached hydrogens (tertiary/aromatic N) is 1. The first-order valence-electron chi connectivity index (χ1n) is 10.8. The Morgan fingerprint density at radius 1 is 1.06 bits per heavy atom. The zero-order valence-electron chi connectivity index (χ0n) is 18.6. The van der Waals surface area contributed by atoms with Gasteiger partial charge < -0.3 is 9.64 Å². The van der Waals surface area contributed by atoms with Crippen LogP contribution in [0.15, 0.2) is 47.4 Å². The van der Waals surface area contributed by atoms with E-state index >= 15 is 0 Å². The van der Waals surface area contributed by atoms with E-state index in [9.17, 15) is 13.2 Å². The number of carbonyl (C=O) groups is 1. The first-order valence-corrected chi connectivity index (χ1v) is 12.3. The van der Waals surface area contributed by atoms with E-state index in [2.05, 4.69) is 4.72 Å². The highest BCUT2D eigenvalue weighted by Gasteiger charge is 2.27. The summed E-state index contributed by atoms with van der Waals surface area (Å²) in [5.74, 6) is 0.765. The van der Waals surface area contributed by atoms with Gasteiger partial charge in [-0.25, -0.2) is 13.1 Å². The number of rotatable bonds is 7. The molecule has 0 bridgehead atoms. The fourth-order valence-electron chi connectivity index (χ4n) is 3.98. The summed E-state index contributed by atoms with van der Waals surface area (Å²) in [5.41, 5.74) is 3.05. The average molecular weight is 445 g/mol. The summed E-state index contributed by atoms with van der Waals surface area (Å²) < 4.78 is 33.0. The van der Waals surface area contributed by atoms with Gasteiger partial charge in [-0.05, 0) is 67.6 Å². The van der Waals surface area contributed by atoms with Crippen molar-refractivity contribution in [2.75, 3.05) is 20.2 Å². The van der Waals surface area contributed by atoms with E-state index in [-0.39, 0.29) is 29.8 Å². The molecule has 0 spiro atoms. The van der Waals surface area contributed by atoms with E-state index < -0.39 is 10.0 Å². The lowest BCUT2D eigenvalue weighted by Crippen LogP contribution is -2.37. The van der Waals surface area contributed by atoms with Crippen LogP contribution in [0.1, 0.15) is 54.8 Å². The normalized spacial score (nSPS) is 17.3. The monoisotopic (exact) mass is 444 g/mol. The molecule has 0 aromatic heterocycles. The van der Waals surface area contributed by atoms with Crippen LogP contribution in [-0.4, -0.2) is 39.4 Å². The number of methoxy groups -OCH3 is 1. The summed E-state index contributed by atoms with van der Waals surface area (Å²) in [6.45, 7) is 4.61. The molecule has 1 N–H and O–H groups in total. The molecule has 168 valence electrons. The third-order valence-electron chi connectivity index (χ3n) is 5.99. The first-order chi connectivity index (χ1) is 14.8. The Morgan fingerprint density at radius 2 is 1.81 bits per heavy atom. The Labute approximate surface area is 185 Å². The second-order valence-corrected chi connectivity index (χ2v) is 9.89. The maximum atomic E-state index is 13.0. The number of ether oxygens (including phenoxy) is 1. The van der Waals surface area contributed by atoms with Crippen molar-refractivity contribution >= 4 is 15.9 Å². The van der Waals surface area contributed by atoms with E-state index in [1.807, 2.05) is 43.0 Å². The fraction of sp³-hybridized carbons (Fsp3) is 0.458. The van der Waals surface area contributed by atoms with Gasteiger partial charge in [-0.3, -0.25) is 4.79 Å². The molecule has 1 heterocycles. The van der Waals surface area contributed by atoms with Gasteiger partial charge >= 0.3 is 0 Å². The third kappa shape index (κ3) is 5.86. The highest BCUT2D eigenvalue weighted by Crippen LogP contribution is 2.31. The second kappa shape index (κ2) is 10.3. The van der Waals surface area contributed by atoms with E-state index in [1.54, 1.807) is 25.3 Å². The van der Waals surface area contributed by atoms with Crippen LogP contribution >= 0.6 is 0 Å². The standard InChI is InChI=1S/C24H32N2O4S/c1-18-8-13-22(17-19(18)2)31(28,29)25-15-14-24(27)26-16-6-4-5-7-23(26)20-9-11-21(30-3)12-10-20/h8-13,17,23,25H,4-7,14-16H2,1-3H3/t23-/m0/s1. The van der Waals surface area contributed by atoms with Gasteiger partial charge in [0, 0.05) is 19.5 Å². The van der Waals surface area contributed by atoms with Crippen molar-refractivity contribution in [3.63, 3.8) is 0 Å². The van der Waals surface area contributed by atoms with Crippen molar-refractivity contribution in [2.24, 2.45) is 0 Å². The Hall–Kier alpha value is -2.38. The van der Waals surface area contributed by atoms with Crippen molar-refractivity contribution in [3.05, 3.63) is 59.2 Å². The SMILES string of the molecule is COc1ccc([C@@H]2CCCCCN2C(=O)CCNS(=O)(=O)c2ccc(C)c(C)c2)cc1. The molecule has 0 unspecified atom stereocenters. The van der Waals surface area contributed by atoms with Gasteiger partial charge in [0.2, 0.25) is 15.9 Å². The average Bonchev–Trinajstić information content (AvgIpc) is 3.01. The molecule has 7 heteroatoms. The summed E-state index contributed by atoms with van der Waals surface area (Å²) in [6.07, 6.45) is 4.17. The molecule has 1 amide bonds. The minimum Gasteiger partial charge on any atom is -0.497 e. The summed E-state index contributed by atoms with van der Waals surface area (Å²) in [7, 11) is -2.01. The first kappa shape index (κ1) is 23.3. The molecule has 1 aliphatic rings. The molecule has 0 saturated carbocycles. The van der Waals surface area contributed by atoms with Gasteiger partial charge in [0.1, 0.15) is 5.75 Å². The highest BCUT2D eigenvalue weighted by atomic mass is 32.2. The Balaban J connectivity index is 1.66. The number of nitrogens with one attached hydrogen (secondary N) is 1. The molecule has 1 saturated heterocycles. The fourth-order valence-corrected chi connectivity index (χ4v) is 5.10. The van der Waals surface area contributed by atoms with Crippen LogP contribution in [0.4, 0.5) is 0 Å². The maximum absolute atomic E-state index is 13.0. The molecule has 2 aromatic rings. The molecular weight excluding hydrogens is 412 g/mol. The zero-order valence-corrected chi connectivity index (χ0v) is 19.4. The lowest BCUT2D eigenvalue weighted by Gasteiger charge is -2.31. The molecule has 6 nitrogen and oxygen atoms in total. The maximum Gasteiger partial charge on any atom is 0.240 e. The molecule has 1 atom stereocenters. The number of aryl methyl sites for hydroxylation is 2. The third-order valence-corrected chi connectivity index (χ3v) is 7.45. The minimum atomic E-state index is -3.64. The number of benzene rings is 2. The lowest BCUT2D eigenvalue weighted by molar-refractivity contribution is -0.133. The predicted molar refractivity (Wildman–Crippen MR) is 122 cm³/mol. The summed E-state index contributed by atoms with van der Waals surface area (Å²) >= 11 is 0. The minimum absolute atomic E-state index is 0.0114. The lowest BCUT2D eigenvalue weighted by atomic mass is 10.0. The van der Waals surface area contributed by atoms with Gasteiger partial charge in [-0.2, -0.15) is 0 Å². The molecule has 0 aliphatic carbocycles. The highest BCUT2D eigenvalue weighted by molar-refractivity contribution is 7.89. The molecular formula is C24H32N2O4S. The van der Waals surface area contributed by atoms with Gasteiger partial charge in [0.05, 0.1) is 18.0 Å². The summed E-state index contributed by atoms with van der Waals surface area (Å²) in [4.78, 5) is 15.2. The van der Waals surface area contributed by atoms with Crippen LogP contribution in [0.3, 0.4) is 0 Å². The van der Waals surface area contributed by atoms with Crippen LogP contribution in [0.2, 0.25) is 0 Å². The van der Waals surface area contributed by atoms with E-state index in [0.717, 1.165) is 48.1 Å². The van der Waals surface area contributed by atoms with Crippen molar-refractivity contribution < 1.29 is 17.9 Å². The topological polar surface area (TPSA) is 75.7 Å². The van der Waals surface area contributed by atoms with Crippen molar-refractivity contribution in [3.8, 4) is 5.75 Å². The number of carbonyl (C=O) groups excluding carboxylic acids is 1. The van der Waals surface area contributed by atoms with Gasteiger partial charge in [0.25, 0.3) is 0 Å². The molecule has 1 aliphatic heterocycles. The molecule has 3 rings (SSSR count). The van der Waals surface area contributed by atoms with Crippen LogP contribution in [-0.2, 0) is 14.8 Å². The number of hydrogen-bond donors (Lipinski definition) is 1. The van der Waals surface area contributed by atoms with Gasteiger partial charge in [-0.1, -0.05) is 31.0 Å². The smallest absolute Gasteiger partial charge is 0.240 e. The number of amides is 1. The second-order valence-electron chi connectivity index (χ2n) is 8.12. The summed E-state index contributed by atoms with van der Waals surface area (Å²) in [5, 5.41) is 0. The van der Waals surface area contributed by atoms with Crippen molar-refractivity contribution in [2.45, 2.75) is 56.9 Å². The van der Waals surface area contributed by atoms with Crippen molar-refractivity contribution in [1.29, 1.82) is 0 Å². The Morgan fingerprint density at radius 3 is 2.48 bits per heavy atom. The molecule has 0 radical (unpaired) electrons.